The van der Waals surface area contributed by atoms with Gasteiger partial charge in [-0.15, -0.1) is 0 Å². The van der Waals surface area contributed by atoms with Crippen LogP contribution in [0.15, 0.2) is 6.33 Å². The summed E-state index contributed by atoms with van der Waals surface area (Å²) in [6, 6.07) is 0. The summed E-state index contributed by atoms with van der Waals surface area (Å²) in [5, 5.41) is 7.03. The lowest BCUT2D eigenvalue weighted by Crippen LogP contribution is -2.32. The van der Waals surface area contributed by atoms with Gasteiger partial charge in [0.1, 0.15) is 0 Å². The maximum absolute atomic E-state index is 5.65. The molecule has 5 heteroatoms. The van der Waals surface area contributed by atoms with E-state index in [1.165, 1.54) is 0 Å². The van der Waals surface area contributed by atoms with Crippen molar-refractivity contribution < 1.29 is 0 Å². The van der Waals surface area contributed by atoms with Crippen molar-refractivity contribution in [1.29, 1.82) is 0 Å². The van der Waals surface area contributed by atoms with Crippen LogP contribution in [0.5, 0.6) is 0 Å². The van der Waals surface area contributed by atoms with Crippen molar-refractivity contribution in [3.05, 3.63) is 17.3 Å². The zero-order valence-corrected chi connectivity index (χ0v) is 5.33. The molecule has 10 heavy (non-hydrogen) atoms. The average molecular weight is 138 g/mol. The van der Waals surface area contributed by atoms with E-state index in [4.69, 9.17) is 5.73 Å². The third kappa shape index (κ3) is 0.680. The maximum atomic E-state index is 5.65. The predicted molar refractivity (Wildman–Crippen MR) is 36.5 cm³/mol. The van der Waals surface area contributed by atoms with Crippen LogP contribution in [-0.4, -0.2) is 16.6 Å². The van der Waals surface area contributed by atoms with Crippen LogP contribution in [0, 0.1) is 0 Å². The van der Waals surface area contributed by atoms with Crippen molar-refractivity contribution in [2.24, 2.45) is 5.73 Å². The molecule has 0 fully saturated rings. The lowest BCUT2D eigenvalue weighted by molar-refractivity contribution is 0.559. The monoisotopic (exact) mass is 138 g/mol. The van der Waals surface area contributed by atoms with Gasteiger partial charge in [0, 0.05) is 12.4 Å². The Balaban J connectivity index is 2.41. The highest BCUT2D eigenvalue weighted by molar-refractivity contribution is 5.48. The van der Waals surface area contributed by atoms with Crippen molar-refractivity contribution >= 4 is 5.82 Å². The number of imidazole rings is 1. The number of nitrogens with one attached hydrogen (secondary N) is 2. The van der Waals surface area contributed by atoms with Crippen molar-refractivity contribution in [3.63, 3.8) is 0 Å². The smallest absolute Gasteiger partial charge is 0.0960 e. The molecule has 1 atom stereocenters. The molecule has 0 amide bonds. The van der Waals surface area contributed by atoms with E-state index in [1.54, 1.807) is 6.33 Å². The van der Waals surface area contributed by atoms with E-state index in [9.17, 15) is 0 Å². The lowest BCUT2D eigenvalue weighted by Gasteiger charge is -2.26. The minimum Gasteiger partial charge on any atom is -0.450 e. The van der Waals surface area contributed by atoms with Crippen LogP contribution in [0.2, 0.25) is 0 Å². The lowest BCUT2D eigenvalue weighted by atomic mass is 10.3. The average Bonchev–Trinajstić information content (AvgIpc) is 2.36. The fourth-order valence-corrected chi connectivity index (χ4v) is 0.973. The number of rotatable bonds is 0. The molecule has 0 bridgehead atoms. The number of H-pyrrole nitrogens is 1. The van der Waals surface area contributed by atoms with E-state index in [1.807, 2.05) is 0 Å². The Hall–Kier alpha value is -1.07. The van der Waals surface area contributed by atoms with E-state index < -0.39 is 0 Å². The van der Waals surface area contributed by atoms with E-state index in [0.717, 1.165) is 11.5 Å². The van der Waals surface area contributed by atoms with Gasteiger partial charge >= 0.3 is 0 Å². The number of aromatic nitrogens is 2. The van der Waals surface area contributed by atoms with Crippen LogP contribution in [0.3, 0.4) is 0 Å². The predicted octanol–water partition coefficient (Wildman–Crippen LogP) is -0.0671. The van der Waals surface area contributed by atoms with E-state index in [2.05, 4.69) is 20.6 Å². The zero-order chi connectivity index (χ0) is 6.97. The van der Waals surface area contributed by atoms with Gasteiger partial charge in [-0.05, 0) is 12.1 Å². The summed E-state index contributed by atoms with van der Waals surface area (Å²) in [6.45, 7) is 0.555. The molecule has 0 aliphatic carbocycles. The third-order valence-corrected chi connectivity index (χ3v) is 1.50. The Labute approximate surface area is 58.0 Å². The molecule has 54 valence electrons. The van der Waals surface area contributed by atoms with E-state index >= 15 is 0 Å². The summed E-state index contributed by atoms with van der Waals surface area (Å²) in [6.07, 6.45) is 1.45. The summed E-state index contributed by atoms with van der Waals surface area (Å²) in [4.78, 5) is 6.88. The summed E-state index contributed by atoms with van der Waals surface area (Å²) in [5.74, 6) is 0.728. The minimum absolute atomic E-state index is 0.144. The summed E-state index contributed by atoms with van der Waals surface area (Å²) >= 11 is 0. The Bertz CT molecular complexity index is 230. The molecule has 0 saturated heterocycles. The maximum Gasteiger partial charge on any atom is 0.0960 e. The van der Waals surface area contributed by atoms with Crippen LogP contribution in [-0.2, 0) is 0 Å². The number of aromatic amines is 1. The molecule has 0 saturated carbocycles. The first-order valence-electron chi connectivity index (χ1n) is 3.07. The van der Waals surface area contributed by atoms with Gasteiger partial charge in [-0.25, -0.2) is 0 Å². The molecule has 5 nitrogen and oxygen atoms in total. The van der Waals surface area contributed by atoms with Crippen molar-refractivity contribution in [2.45, 2.75) is 6.17 Å². The normalized spacial score (nSPS) is 23.5. The number of nitrogens with two attached hydrogens (primary N) is 1. The molecule has 1 aliphatic heterocycles. The van der Waals surface area contributed by atoms with Gasteiger partial charge in [0.05, 0.1) is 6.17 Å². The number of hydrogen-bond acceptors (Lipinski definition) is 3. The van der Waals surface area contributed by atoms with Crippen LogP contribution in [0.4, 0.5) is 5.82 Å². The Morgan fingerprint density at radius 1 is 1.80 bits per heavy atom. The molecule has 1 aliphatic rings. The highest BCUT2D eigenvalue weighted by atomic mass is 15.2. The first-order chi connectivity index (χ1) is 4.88. The second kappa shape index (κ2) is 1.96. The molecule has 1 unspecified atom stereocenters. The number of nitrogens with zero attached hydrogens (tertiary/aromatic N) is 2. The van der Waals surface area contributed by atoms with Gasteiger partial charge in [-0.2, -0.15) is 0 Å². The highest BCUT2D eigenvalue weighted by Crippen LogP contribution is 2.25. The van der Waals surface area contributed by atoms with Crippen molar-refractivity contribution in [2.75, 3.05) is 6.67 Å². The molecule has 0 aromatic carbocycles. The molecule has 2 heterocycles. The Morgan fingerprint density at radius 2 is 2.70 bits per heavy atom. The second-order valence-electron chi connectivity index (χ2n) is 2.14. The number of hydrogen-bond donors (Lipinski definition) is 3. The molecule has 1 aromatic heterocycles. The van der Waals surface area contributed by atoms with Gasteiger partial charge in [0.15, 0.2) is 0 Å². The molecular weight excluding hydrogens is 130 g/mol. The molecule has 0 spiro atoms. The minimum atomic E-state index is -0.144. The van der Waals surface area contributed by atoms with Gasteiger partial charge in [-0.1, -0.05) is 0 Å². The first-order valence-corrected chi connectivity index (χ1v) is 3.07. The van der Waals surface area contributed by atoms with Gasteiger partial charge in [0.25, 0.3) is 0 Å². The molecule has 0 radical (unpaired) electrons. The second-order valence-corrected chi connectivity index (χ2v) is 2.14. The van der Waals surface area contributed by atoms with Gasteiger partial charge in [-0.3, -0.25) is 5.32 Å². The quantitative estimate of drug-likeness (QED) is 0.469. The Morgan fingerprint density at radius 3 is 3.50 bits per heavy atom. The number of fused-ring (bicyclic) bond motifs is 1. The first kappa shape index (κ1) is 5.70. The van der Waals surface area contributed by atoms with E-state index in [0.29, 0.717) is 6.67 Å². The van der Waals surface area contributed by atoms with Gasteiger partial charge in [0.2, 0.25) is 0 Å². The fraction of sp³-hybridized carbons (Fsp3) is 0.400. The van der Waals surface area contributed by atoms with Crippen LogP contribution >= 0.6 is 0 Å². The fourth-order valence-electron chi connectivity index (χ4n) is 0.973. The molecular formula is C5H8N5-. The summed E-state index contributed by atoms with van der Waals surface area (Å²) in [7, 11) is 0. The standard InChI is InChI=1S/C5H8N5/c6-4-3-5(9-1-7-3)10-2-8-4/h1,4,8H,2,6H2,(H,7,9)/q-1. The highest BCUT2D eigenvalue weighted by Gasteiger charge is 2.10. The van der Waals surface area contributed by atoms with Crippen LogP contribution < -0.4 is 11.1 Å². The summed E-state index contributed by atoms with van der Waals surface area (Å²) in [5.41, 5.74) is 6.52. The molecule has 4 N–H and O–H groups in total. The third-order valence-electron chi connectivity index (χ3n) is 1.50. The van der Waals surface area contributed by atoms with Crippen LogP contribution in [0.1, 0.15) is 11.9 Å². The zero-order valence-electron chi connectivity index (χ0n) is 5.33. The largest absolute Gasteiger partial charge is 0.450 e. The van der Waals surface area contributed by atoms with Crippen molar-refractivity contribution in [1.82, 2.24) is 15.3 Å². The van der Waals surface area contributed by atoms with Crippen molar-refractivity contribution in [3.8, 4) is 0 Å². The molecule has 1 aromatic rings. The topological polar surface area (TPSA) is 80.8 Å². The van der Waals surface area contributed by atoms with E-state index in [-0.39, 0.29) is 6.17 Å². The molecule has 2 rings (SSSR count). The van der Waals surface area contributed by atoms with Gasteiger partial charge < -0.3 is 21.0 Å². The van der Waals surface area contributed by atoms with Crippen LogP contribution in [0.25, 0.3) is 5.32 Å². The summed E-state index contributed by atoms with van der Waals surface area (Å²) < 4.78 is 0. The Kier molecular flexibility index (Phi) is 1.12. The SMILES string of the molecule is NC1NC[N-]c2nc[nH]c21.